The quantitative estimate of drug-likeness (QED) is 0.842. The first kappa shape index (κ1) is 16.7. The predicted octanol–water partition coefficient (Wildman–Crippen LogP) is 2.37. The predicted molar refractivity (Wildman–Crippen MR) is 86.9 cm³/mol. The van der Waals surface area contributed by atoms with Gasteiger partial charge in [-0.1, -0.05) is 17.3 Å². The Morgan fingerprint density at radius 3 is 2.85 bits per heavy atom. The number of nitrogens with one attached hydrogen (secondary N) is 1. The van der Waals surface area contributed by atoms with E-state index in [0.29, 0.717) is 0 Å². The molecule has 136 valence electrons. The second kappa shape index (κ2) is 6.51. The number of carbonyl (C=O) groups is 2. The number of amides is 1. The van der Waals surface area contributed by atoms with Crippen molar-refractivity contribution < 1.29 is 23.2 Å². The summed E-state index contributed by atoms with van der Waals surface area (Å²) >= 11 is 0. The van der Waals surface area contributed by atoms with E-state index in [-0.39, 0.29) is 42.1 Å². The zero-order chi connectivity index (χ0) is 18.1. The third-order valence-electron chi connectivity index (χ3n) is 5.09. The van der Waals surface area contributed by atoms with Gasteiger partial charge in [-0.3, -0.25) is 9.59 Å². The molecule has 7 nitrogen and oxygen atoms in total. The van der Waals surface area contributed by atoms with Gasteiger partial charge in [0, 0.05) is 0 Å². The zero-order valence-electron chi connectivity index (χ0n) is 14.0. The first-order valence-corrected chi connectivity index (χ1v) is 8.64. The first-order valence-electron chi connectivity index (χ1n) is 8.64. The molecule has 1 atom stereocenters. The molecule has 1 saturated heterocycles. The summed E-state index contributed by atoms with van der Waals surface area (Å²) in [6, 6.07) is 6.11. The number of rotatable bonds is 4. The highest BCUT2D eigenvalue weighted by Gasteiger charge is 2.53. The van der Waals surface area contributed by atoms with E-state index in [2.05, 4.69) is 15.5 Å². The normalized spacial score (nSPS) is 21.1. The lowest BCUT2D eigenvalue weighted by Gasteiger charge is -2.27. The Balaban J connectivity index is 1.42. The number of aromatic nitrogens is 2. The third-order valence-corrected chi connectivity index (χ3v) is 5.09. The summed E-state index contributed by atoms with van der Waals surface area (Å²) in [6.45, 7) is 0.0149. The number of hydrogen-bond acceptors (Lipinski definition) is 6. The van der Waals surface area contributed by atoms with Crippen LogP contribution in [0.15, 0.2) is 28.8 Å². The van der Waals surface area contributed by atoms with Gasteiger partial charge in [-0.15, -0.1) is 0 Å². The second-order valence-electron chi connectivity index (χ2n) is 6.71. The number of hydrogen-bond donors (Lipinski definition) is 1. The summed E-state index contributed by atoms with van der Waals surface area (Å²) in [5.74, 6) is -1.24. The monoisotopic (exact) mass is 359 g/mol. The highest BCUT2D eigenvalue weighted by atomic mass is 19.1. The van der Waals surface area contributed by atoms with Gasteiger partial charge in [0.15, 0.2) is 0 Å². The maximum Gasteiger partial charge on any atom is 0.307 e. The van der Waals surface area contributed by atoms with E-state index < -0.39 is 17.3 Å². The highest BCUT2D eigenvalue weighted by Crippen LogP contribution is 2.45. The molecular formula is C18H18FN3O4. The molecule has 26 heavy (non-hydrogen) atoms. The summed E-state index contributed by atoms with van der Waals surface area (Å²) in [5.41, 5.74) is -0.428. The molecule has 1 aliphatic carbocycles. The number of esters is 1. The molecule has 1 N–H and O–H groups in total. The fourth-order valence-electron chi connectivity index (χ4n) is 3.81. The molecule has 0 unspecified atom stereocenters. The van der Waals surface area contributed by atoms with Gasteiger partial charge in [0.05, 0.1) is 24.4 Å². The number of carbonyl (C=O) groups excluding carboxylic acids is 2. The van der Waals surface area contributed by atoms with E-state index in [4.69, 9.17) is 9.26 Å². The minimum absolute atomic E-state index is 0.0149. The van der Waals surface area contributed by atoms with Crippen LogP contribution in [0, 0.1) is 11.7 Å². The number of halogens is 1. The standard InChI is InChI=1S/C18H18FN3O4/c19-13-6-2-1-5-11(13)16-21-14(26-22-16)10-20-17(24)12-9-15(23)25-18(12)7-3-4-8-18/h1-2,5-6,12H,3-4,7-10H2,(H,20,24)/t12-/m0/s1. The van der Waals surface area contributed by atoms with E-state index in [9.17, 15) is 14.0 Å². The lowest BCUT2D eigenvalue weighted by atomic mass is 9.85. The van der Waals surface area contributed by atoms with Crippen molar-refractivity contribution in [1.29, 1.82) is 0 Å². The molecule has 1 aromatic carbocycles. The molecule has 2 heterocycles. The second-order valence-corrected chi connectivity index (χ2v) is 6.71. The van der Waals surface area contributed by atoms with Crippen molar-refractivity contribution in [3.05, 3.63) is 36.0 Å². The fraction of sp³-hybridized carbons (Fsp3) is 0.444. The molecule has 1 amide bonds. The molecule has 4 rings (SSSR count). The van der Waals surface area contributed by atoms with Crippen molar-refractivity contribution >= 4 is 11.9 Å². The van der Waals surface area contributed by atoms with Crippen LogP contribution in [0.25, 0.3) is 11.4 Å². The summed E-state index contributed by atoms with van der Waals surface area (Å²) in [7, 11) is 0. The first-order chi connectivity index (χ1) is 12.6. The van der Waals surface area contributed by atoms with Crippen LogP contribution in [-0.2, 0) is 20.9 Å². The lowest BCUT2D eigenvalue weighted by molar-refractivity contribution is -0.150. The third kappa shape index (κ3) is 2.95. The van der Waals surface area contributed by atoms with Crippen LogP contribution in [0.5, 0.6) is 0 Å². The minimum atomic E-state index is -0.658. The number of ether oxygens (including phenoxy) is 1. The van der Waals surface area contributed by atoms with Gasteiger partial charge in [-0.2, -0.15) is 4.98 Å². The van der Waals surface area contributed by atoms with Gasteiger partial charge in [0.2, 0.25) is 17.6 Å². The summed E-state index contributed by atoms with van der Waals surface area (Å²) < 4.78 is 24.3. The van der Waals surface area contributed by atoms with Crippen molar-refractivity contribution in [3.63, 3.8) is 0 Å². The van der Waals surface area contributed by atoms with E-state index in [1.807, 2.05) is 0 Å². The fourth-order valence-corrected chi connectivity index (χ4v) is 3.81. The average Bonchev–Trinajstić information content (AvgIpc) is 3.34. The molecule has 0 radical (unpaired) electrons. The van der Waals surface area contributed by atoms with Crippen molar-refractivity contribution in [2.75, 3.05) is 0 Å². The Morgan fingerprint density at radius 1 is 1.31 bits per heavy atom. The molecular weight excluding hydrogens is 341 g/mol. The molecule has 0 bridgehead atoms. The molecule has 8 heteroatoms. The van der Waals surface area contributed by atoms with Crippen LogP contribution >= 0.6 is 0 Å². The maximum absolute atomic E-state index is 13.8. The Bertz CT molecular complexity index is 844. The Hall–Kier alpha value is -2.77. The van der Waals surface area contributed by atoms with Crippen LogP contribution in [0.3, 0.4) is 0 Å². The maximum atomic E-state index is 13.8. The Morgan fingerprint density at radius 2 is 2.08 bits per heavy atom. The van der Waals surface area contributed by atoms with Crippen molar-refractivity contribution in [1.82, 2.24) is 15.5 Å². The molecule has 1 aliphatic heterocycles. The average molecular weight is 359 g/mol. The van der Waals surface area contributed by atoms with Crippen molar-refractivity contribution in [2.24, 2.45) is 5.92 Å². The zero-order valence-corrected chi connectivity index (χ0v) is 14.0. The highest BCUT2D eigenvalue weighted by molar-refractivity contribution is 5.87. The van der Waals surface area contributed by atoms with Crippen LogP contribution in [0.2, 0.25) is 0 Å². The lowest BCUT2D eigenvalue weighted by Crippen LogP contribution is -2.42. The minimum Gasteiger partial charge on any atom is -0.458 e. The molecule has 2 fully saturated rings. The van der Waals surface area contributed by atoms with Gasteiger partial charge >= 0.3 is 5.97 Å². The largest absolute Gasteiger partial charge is 0.458 e. The number of benzene rings is 1. The summed E-state index contributed by atoms with van der Waals surface area (Å²) in [5, 5.41) is 6.48. The van der Waals surface area contributed by atoms with Crippen LogP contribution in [-0.4, -0.2) is 27.6 Å². The van der Waals surface area contributed by atoms with Gasteiger partial charge in [0.25, 0.3) is 0 Å². The molecule has 2 aromatic rings. The summed E-state index contributed by atoms with van der Waals surface area (Å²) in [6.07, 6.45) is 3.43. The van der Waals surface area contributed by atoms with E-state index in [0.717, 1.165) is 25.7 Å². The van der Waals surface area contributed by atoms with E-state index in [1.54, 1.807) is 18.2 Å². The van der Waals surface area contributed by atoms with Crippen LogP contribution in [0.4, 0.5) is 4.39 Å². The molecule has 2 aliphatic rings. The van der Waals surface area contributed by atoms with Gasteiger partial charge in [-0.25, -0.2) is 4.39 Å². The van der Waals surface area contributed by atoms with Crippen molar-refractivity contribution in [3.8, 4) is 11.4 Å². The Labute approximate surface area is 148 Å². The van der Waals surface area contributed by atoms with Gasteiger partial charge in [-0.05, 0) is 37.8 Å². The molecule has 1 spiro atoms. The van der Waals surface area contributed by atoms with Gasteiger partial charge < -0.3 is 14.6 Å². The van der Waals surface area contributed by atoms with Gasteiger partial charge in [0.1, 0.15) is 11.4 Å². The van der Waals surface area contributed by atoms with E-state index >= 15 is 0 Å². The van der Waals surface area contributed by atoms with Crippen molar-refractivity contribution in [2.45, 2.75) is 44.2 Å². The smallest absolute Gasteiger partial charge is 0.307 e. The molecule has 1 saturated carbocycles. The van der Waals surface area contributed by atoms with E-state index in [1.165, 1.54) is 6.07 Å². The van der Waals surface area contributed by atoms with Crippen LogP contribution < -0.4 is 5.32 Å². The SMILES string of the molecule is O=C1C[C@@H](C(=O)NCc2nc(-c3ccccc3F)no2)C2(CCCC2)O1. The Kier molecular flexibility index (Phi) is 4.18. The summed E-state index contributed by atoms with van der Waals surface area (Å²) in [4.78, 5) is 28.4. The topological polar surface area (TPSA) is 94.3 Å². The number of nitrogens with zero attached hydrogens (tertiary/aromatic N) is 2. The molecule has 1 aromatic heterocycles. The van der Waals surface area contributed by atoms with Crippen LogP contribution in [0.1, 0.15) is 38.0 Å².